The average molecular weight is 367 g/mol. The van der Waals surface area contributed by atoms with Crippen molar-refractivity contribution in [1.29, 1.82) is 0 Å². The molecule has 2 aromatic rings. The van der Waals surface area contributed by atoms with Crippen LogP contribution < -0.4 is 5.73 Å². The highest BCUT2D eigenvalue weighted by molar-refractivity contribution is 8.00. The van der Waals surface area contributed by atoms with Crippen LogP contribution in [0.25, 0.3) is 10.2 Å². The number of hydrogen-bond acceptors (Lipinski definition) is 8. The molecule has 8 heteroatoms. The molecule has 0 unspecified atom stereocenters. The van der Waals surface area contributed by atoms with E-state index in [1.54, 1.807) is 18.3 Å². The second-order valence-electron chi connectivity index (χ2n) is 6.16. The van der Waals surface area contributed by atoms with Crippen molar-refractivity contribution in [1.82, 2.24) is 9.97 Å². The van der Waals surface area contributed by atoms with Gasteiger partial charge >= 0.3 is 5.97 Å². The van der Waals surface area contributed by atoms with Gasteiger partial charge in [-0.25, -0.2) is 9.97 Å². The lowest BCUT2D eigenvalue weighted by atomic mass is 9.96. The third kappa shape index (κ3) is 3.22. The number of nitrogens with zero attached hydrogens (tertiary/aromatic N) is 2. The van der Waals surface area contributed by atoms with Gasteiger partial charge in [0.15, 0.2) is 5.16 Å². The number of carbonyl (C=O) groups is 1. The quantitative estimate of drug-likeness (QED) is 0.505. The van der Waals surface area contributed by atoms with E-state index in [1.165, 1.54) is 29.3 Å². The van der Waals surface area contributed by atoms with E-state index in [9.17, 15) is 4.79 Å². The van der Waals surface area contributed by atoms with Gasteiger partial charge < -0.3 is 15.2 Å². The molecule has 0 fully saturated rings. The number of fused-ring (bicyclic) bond motifs is 3. The number of rotatable bonds is 4. The van der Waals surface area contributed by atoms with Crippen molar-refractivity contribution in [3.05, 3.63) is 10.4 Å². The van der Waals surface area contributed by atoms with E-state index in [1.807, 2.05) is 0 Å². The van der Waals surface area contributed by atoms with Crippen LogP contribution >= 0.6 is 23.1 Å². The summed E-state index contributed by atoms with van der Waals surface area (Å²) in [5.74, 6) is 0.619. The molecular weight excluding hydrogens is 346 g/mol. The van der Waals surface area contributed by atoms with Crippen LogP contribution in [0.5, 0.6) is 0 Å². The predicted octanol–water partition coefficient (Wildman–Crippen LogP) is 3.02. The Balaban J connectivity index is 1.95. The lowest BCUT2D eigenvalue weighted by Crippen LogP contribution is -2.26. The number of nitrogen functional groups attached to an aromatic ring is 1. The molecule has 0 saturated heterocycles. The number of esters is 1. The van der Waals surface area contributed by atoms with Gasteiger partial charge in [0.05, 0.1) is 25.2 Å². The fourth-order valence-electron chi connectivity index (χ4n) is 2.74. The van der Waals surface area contributed by atoms with Crippen LogP contribution in [0.1, 0.15) is 31.2 Å². The van der Waals surface area contributed by atoms with Gasteiger partial charge in [0.1, 0.15) is 15.9 Å². The maximum Gasteiger partial charge on any atom is 0.318 e. The molecule has 0 aromatic carbocycles. The van der Waals surface area contributed by atoms with E-state index in [2.05, 4.69) is 23.8 Å². The maximum atomic E-state index is 11.6. The molecule has 0 radical (unpaired) electrons. The number of methoxy groups -OCH3 is 1. The third-order valence-corrected chi connectivity index (χ3v) is 6.17. The smallest absolute Gasteiger partial charge is 0.318 e. The highest BCUT2D eigenvalue weighted by Crippen LogP contribution is 2.39. The van der Waals surface area contributed by atoms with E-state index in [4.69, 9.17) is 15.2 Å². The number of thioether (sulfide) groups is 1. The summed E-state index contributed by atoms with van der Waals surface area (Å²) in [5, 5.41) is 1.06. The highest BCUT2D eigenvalue weighted by atomic mass is 32.2. The number of thiophene rings is 1. The number of ether oxygens (including phenoxy) is 2. The fourth-order valence-corrected chi connectivity index (χ4v) is 4.73. The van der Waals surface area contributed by atoms with Crippen LogP contribution in [0.2, 0.25) is 0 Å². The Hall–Kier alpha value is -1.38. The average Bonchev–Trinajstić information content (AvgIpc) is 2.91. The van der Waals surface area contributed by atoms with Gasteiger partial charge in [-0.3, -0.25) is 4.79 Å². The number of hydrogen-bond donors (Lipinski definition) is 1. The zero-order valence-corrected chi connectivity index (χ0v) is 15.8. The summed E-state index contributed by atoms with van der Waals surface area (Å²) in [6.07, 6.45) is 1.04. The first-order valence-electron chi connectivity index (χ1n) is 7.84. The van der Waals surface area contributed by atoms with Gasteiger partial charge in [0, 0.05) is 11.3 Å². The molecule has 1 aliphatic rings. The first-order chi connectivity index (χ1) is 11.4. The minimum Gasteiger partial charge on any atom is -0.468 e. The Labute approximate surface area is 149 Å². The van der Waals surface area contributed by atoms with Crippen LogP contribution in [0, 0.1) is 5.92 Å². The molecule has 24 heavy (non-hydrogen) atoms. The summed E-state index contributed by atoms with van der Waals surface area (Å²) in [7, 11) is 1.37. The van der Waals surface area contributed by atoms with Crippen LogP contribution in [-0.2, 0) is 27.3 Å². The molecule has 2 atom stereocenters. The van der Waals surface area contributed by atoms with Crippen molar-refractivity contribution in [2.75, 3.05) is 12.8 Å². The topological polar surface area (TPSA) is 87.3 Å². The molecular formula is C16H21N3O3S2. The van der Waals surface area contributed by atoms with Crippen molar-refractivity contribution < 1.29 is 14.3 Å². The lowest BCUT2D eigenvalue weighted by Gasteiger charge is -2.26. The minimum atomic E-state index is -0.380. The van der Waals surface area contributed by atoms with Gasteiger partial charge in [-0.2, -0.15) is 0 Å². The molecule has 0 amide bonds. The Bertz CT molecular complexity index is 776. The number of carbonyl (C=O) groups excluding carboxylic acids is 1. The standard InChI is InChI=1S/C16H21N3O3S2/c1-7(2)10-5-9-11(6-22-10)24-14-12(9)13(17)18-16(19-14)23-8(3)15(20)21-4/h7-8,10H,5-6H2,1-4H3,(H2,17,18,19)/t8-,10+/m1/s1. The van der Waals surface area contributed by atoms with Crippen molar-refractivity contribution >= 4 is 45.1 Å². The molecule has 3 rings (SSSR count). The predicted molar refractivity (Wildman–Crippen MR) is 96.3 cm³/mol. The molecule has 0 aliphatic carbocycles. The second kappa shape index (κ2) is 6.85. The molecule has 2 aromatic heterocycles. The zero-order valence-electron chi connectivity index (χ0n) is 14.2. The van der Waals surface area contributed by atoms with Crippen LogP contribution in [0.15, 0.2) is 5.16 Å². The van der Waals surface area contributed by atoms with Crippen LogP contribution in [-0.4, -0.2) is 34.4 Å². The fraction of sp³-hybridized carbons (Fsp3) is 0.562. The van der Waals surface area contributed by atoms with Gasteiger partial charge in [-0.1, -0.05) is 25.6 Å². The van der Waals surface area contributed by atoms with Crippen molar-refractivity contribution in [2.24, 2.45) is 5.92 Å². The van der Waals surface area contributed by atoms with Crippen LogP contribution in [0.3, 0.4) is 0 Å². The van der Waals surface area contributed by atoms with E-state index in [0.717, 1.165) is 16.6 Å². The minimum absolute atomic E-state index is 0.197. The Morgan fingerprint density at radius 1 is 1.42 bits per heavy atom. The van der Waals surface area contributed by atoms with Gasteiger partial charge in [0.2, 0.25) is 0 Å². The monoisotopic (exact) mass is 367 g/mol. The van der Waals surface area contributed by atoms with Crippen LogP contribution in [0.4, 0.5) is 5.82 Å². The summed E-state index contributed by atoms with van der Waals surface area (Å²) < 4.78 is 10.7. The zero-order chi connectivity index (χ0) is 17.4. The number of nitrogens with two attached hydrogens (primary N) is 1. The lowest BCUT2D eigenvalue weighted by molar-refractivity contribution is -0.139. The largest absolute Gasteiger partial charge is 0.468 e. The number of aromatic nitrogens is 2. The second-order valence-corrected chi connectivity index (χ2v) is 8.55. The first-order valence-corrected chi connectivity index (χ1v) is 9.54. The molecule has 0 saturated carbocycles. The van der Waals surface area contributed by atoms with Crippen molar-refractivity contribution in [3.8, 4) is 0 Å². The highest BCUT2D eigenvalue weighted by Gasteiger charge is 2.28. The summed E-state index contributed by atoms with van der Waals surface area (Å²) in [4.78, 5) is 22.6. The van der Waals surface area contributed by atoms with E-state index < -0.39 is 0 Å². The summed E-state index contributed by atoms with van der Waals surface area (Å²) >= 11 is 2.85. The van der Waals surface area contributed by atoms with Crippen molar-refractivity contribution in [2.45, 2.75) is 50.3 Å². The maximum absolute atomic E-state index is 11.6. The van der Waals surface area contributed by atoms with E-state index in [0.29, 0.717) is 23.5 Å². The van der Waals surface area contributed by atoms with Gasteiger partial charge in [-0.05, 0) is 18.4 Å². The Morgan fingerprint density at radius 2 is 2.17 bits per heavy atom. The number of anilines is 1. The summed E-state index contributed by atoms with van der Waals surface area (Å²) in [6, 6.07) is 0. The van der Waals surface area contributed by atoms with Gasteiger partial charge in [-0.15, -0.1) is 11.3 Å². The van der Waals surface area contributed by atoms with Gasteiger partial charge in [0.25, 0.3) is 0 Å². The molecule has 2 N–H and O–H groups in total. The van der Waals surface area contributed by atoms with Crippen molar-refractivity contribution in [3.63, 3.8) is 0 Å². The first kappa shape index (κ1) is 17.4. The molecule has 0 spiro atoms. The SMILES string of the molecule is COC(=O)[C@@H](C)Sc1nc(N)c2c3c(sc2n1)CO[C@H](C(C)C)C3. The summed E-state index contributed by atoms with van der Waals surface area (Å²) in [5.41, 5.74) is 7.43. The molecule has 130 valence electrons. The molecule has 0 bridgehead atoms. The van der Waals surface area contributed by atoms with E-state index >= 15 is 0 Å². The third-order valence-electron chi connectivity index (χ3n) is 4.13. The van der Waals surface area contributed by atoms with E-state index in [-0.39, 0.29) is 17.3 Å². The molecule has 6 nitrogen and oxygen atoms in total. The molecule has 1 aliphatic heterocycles. The normalized spacial score (nSPS) is 18.6. The molecule has 3 heterocycles. The Kier molecular flexibility index (Phi) is 4.98. The summed E-state index contributed by atoms with van der Waals surface area (Å²) in [6.45, 7) is 6.68. The Morgan fingerprint density at radius 3 is 2.83 bits per heavy atom.